The van der Waals surface area contributed by atoms with Crippen molar-refractivity contribution in [2.45, 2.75) is 25.3 Å². The number of H-pyrrole nitrogens is 1. The first-order chi connectivity index (χ1) is 8.50. The Balaban J connectivity index is 2.19. The van der Waals surface area contributed by atoms with Crippen LogP contribution in [0.4, 0.5) is 0 Å². The lowest BCUT2D eigenvalue weighted by atomic mass is 10.3. The molecule has 18 heavy (non-hydrogen) atoms. The topological polar surface area (TPSA) is 87.7 Å². The Labute approximate surface area is 106 Å². The zero-order valence-electron chi connectivity index (χ0n) is 10.1. The zero-order chi connectivity index (χ0) is 13.2. The first kappa shape index (κ1) is 12.7. The van der Waals surface area contributed by atoms with Gasteiger partial charge in [-0.3, -0.25) is 10.1 Å². The molecule has 0 aliphatic carbocycles. The number of hydrogen-bond acceptors (Lipinski definition) is 4. The molecule has 2 aromatic rings. The summed E-state index contributed by atoms with van der Waals surface area (Å²) in [4.78, 5) is 4.09. The van der Waals surface area contributed by atoms with Gasteiger partial charge in [0.2, 0.25) is 10.0 Å². The molecule has 0 aliphatic heterocycles. The van der Waals surface area contributed by atoms with Gasteiger partial charge in [-0.1, -0.05) is 0 Å². The number of rotatable bonds is 4. The number of aryl methyl sites for hydroxylation is 2. The quantitative estimate of drug-likeness (QED) is 0.860. The summed E-state index contributed by atoms with van der Waals surface area (Å²) in [6, 6.07) is 3.52. The molecular weight excluding hydrogens is 252 g/mol. The van der Waals surface area contributed by atoms with Crippen LogP contribution in [-0.2, 0) is 16.6 Å². The van der Waals surface area contributed by atoms with Crippen LogP contribution in [-0.4, -0.2) is 23.6 Å². The first-order valence-electron chi connectivity index (χ1n) is 5.41. The molecular formula is C11H14N4O2S. The average Bonchev–Trinajstić information content (AvgIpc) is 2.69. The molecule has 6 nitrogen and oxygen atoms in total. The summed E-state index contributed by atoms with van der Waals surface area (Å²) in [7, 11) is -3.54. The SMILES string of the molecule is Cc1n[nH]c(C)c1S(=O)(=O)NCc1ccncc1. The average molecular weight is 266 g/mol. The monoisotopic (exact) mass is 266 g/mol. The number of aromatic nitrogens is 3. The maximum Gasteiger partial charge on any atom is 0.244 e. The van der Waals surface area contributed by atoms with Crippen LogP contribution in [0.15, 0.2) is 29.4 Å². The number of hydrogen-bond donors (Lipinski definition) is 2. The van der Waals surface area contributed by atoms with Crippen molar-refractivity contribution in [1.82, 2.24) is 19.9 Å². The fraction of sp³-hybridized carbons (Fsp3) is 0.273. The van der Waals surface area contributed by atoms with Crippen molar-refractivity contribution in [2.75, 3.05) is 0 Å². The molecule has 2 N–H and O–H groups in total. The molecule has 0 spiro atoms. The normalized spacial score (nSPS) is 11.7. The molecule has 0 bridgehead atoms. The van der Waals surface area contributed by atoms with Crippen LogP contribution in [0, 0.1) is 13.8 Å². The van der Waals surface area contributed by atoms with Crippen LogP contribution in [0.5, 0.6) is 0 Å². The van der Waals surface area contributed by atoms with Gasteiger partial charge in [-0.25, -0.2) is 13.1 Å². The third-order valence-electron chi connectivity index (χ3n) is 2.54. The first-order valence-corrected chi connectivity index (χ1v) is 6.89. The lowest BCUT2D eigenvalue weighted by Crippen LogP contribution is -2.24. The minimum atomic E-state index is -3.54. The standard InChI is InChI=1S/C11H14N4O2S/c1-8-11(9(2)15-14-8)18(16,17)13-7-10-3-5-12-6-4-10/h3-6,13H,7H2,1-2H3,(H,14,15). The van der Waals surface area contributed by atoms with Crippen molar-refractivity contribution in [3.05, 3.63) is 41.5 Å². The Hall–Kier alpha value is -1.73. The molecule has 0 saturated heterocycles. The van der Waals surface area contributed by atoms with E-state index >= 15 is 0 Å². The van der Waals surface area contributed by atoms with Crippen LogP contribution in [0.2, 0.25) is 0 Å². The van der Waals surface area contributed by atoms with Crippen LogP contribution in [0.3, 0.4) is 0 Å². The molecule has 0 aromatic carbocycles. The van der Waals surface area contributed by atoms with Crippen molar-refractivity contribution in [3.8, 4) is 0 Å². The number of nitrogens with zero attached hydrogens (tertiary/aromatic N) is 2. The lowest BCUT2D eigenvalue weighted by Gasteiger charge is -2.06. The van der Waals surface area contributed by atoms with E-state index in [0.29, 0.717) is 11.4 Å². The summed E-state index contributed by atoms with van der Waals surface area (Å²) in [5.41, 5.74) is 1.86. The van der Waals surface area contributed by atoms with E-state index in [1.165, 1.54) is 0 Å². The molecule has 96 valence electrons. The van der Waals surface area contributed by atoms with Gasteiger partial charge in [-0.05, 0) is 31.5 Å². The summed E-state index contributed by atoms with van der Waals surface area (Å²) in [5.74, 6) is 0. The maximum atomic E-state index is 12.1. The largest absolute Gasteiger partial charge is 0.281 e. The van der Waals surface area contributed by atoms with Gasteiger partial charge in [0.1, 0.15) is 4.90 Å². The van der Waals surface area contributed by atoms with E-state index in [4.69, 9.17) is 0 Å². The van der Waals surface area contributed by atoms with Crippen LogP contribution < -0.4 is 4.72 Å². The molecule has 7 heteroatoms. The molecule has 0 amide bonds. The predicted octanol–water partition coefficient (Wildman–Crippen LogP) is 0.900. The van der Waals surface area contributed by atoms with Gasteiger partial charge in [0.25, 0.3) is 0 Å². The van der Waals surface area contributed by atoms with E-state index in [1.807, 2.05) is 0 Å². The fourth-order valence-corrected chi connectivity index (χ4v) is 3.07. The molecule has 2 rings (SSSR count). The highest BCUT2D eigenvalue weighted by Crippen LogP contribution is 2.16. The Morgan fingerprint density at radius 3 is 2.50 bits per heavy atom. The Morgan fingerprint density at radius 2 is 1.94 bits per heavy atom. The zero-order valence-corrected chi connectivity index (χ0v) is 11.0. The number of sulfonamides is 1. The molecule has 2 heterocycles. The second kappa shape index (κ2) is 4.87. The third kappa shape index (κ3) is 2.57. The summed E-state index contributed by atoms with van der Waals surface area (Å²) in [6.45, 7) is 3.57. The number of aromatic amines is 1. The van der Waals surface area contributed by atoms with Gasteiger partial charge in [-0.2, -0.15) is 5.10 Å². The van der Waals surface area contributed by atoms with Crippen molar-refractivity contribution in [3.63, 3.8) is 0 Å². The molecule has 0 fully saturated rings. The molecule has 0 unspecified atom stereocenters. The molecule has 0 atom stereocenters. The van der Waals surface area contributed by atoms with Crippen molar-refractivity contribution < 1.29 is 8.42 Å². The molecule has 0 saturated carbocycles. The second-order valence-corrected chi connectivity index (χ2v) is 5.65. The number of nitrogens with one attached hydrogen (secondary N) is 2. The minimum Gasteiger partial charge on any atom is -0.281 e. The molecule has 0 radical (unpaired) electrons. The smallest absolute Gasteiger partial charge is 0.244 e. The van der Waals surface area contributed by atoms with Gasteiger partial charge < -0.3 is 0 Å². The van der Waals surface area contributed by atoms with E-state index in [0.717, 1.165) is 5.56 Å². The van der Waals surface area contributed by atoms with Gasteiger partial charge in [0, 0.05) is 18.9 Å². The van der Waals surface area contributed by atoms with Gasteiger partial charge >= 0.3 is 0 Å². The van der Waals surface area contributed by atoms with Crippen LogP contribution >= 0.6 is 0 Å². The summed E-state index contributed by atoms with van der Waals surface area (Å²) >= 11 is 0. The maximum absolute atomic E-state index is 12.1. The van der Waals surface area contributed by atoms with Crippen molar-refractivity contribution in [1.29, 1.82) is 0 Å². The predicted molar refractivity (Wildman–Crippen MR) is 66.3 cm³/mol. The van der Waals surface area contributed by atoms with Crippen LogP contribution in [0.25, 0.3) is 0 Å². The van der Waals surface area contributed by atoms with Crippen LogP contribution in [0.1, 0.15) is 17.0 Å². The van der Waals surface area contributed by atoms with Gasteiger partial charge in [0.05, 0.1) is 11.4 Å². The highest BCUT2D eigenvalue weighted by molar-refractivity contribution is 7.89. The number of pyridine rings is 1. The summed E-state index contributed by atoms with van der Waals surface area (Å²) in [6.07, 6.45) is 3.25. The van der Waals surface area contributed by atoms with Crippen molar-refractivity contribution >= 4 is 10.0 Å². The van der Waals surface area contributed by atoms with E-state index in [1.54, 1.807) is 38.4 Å². The second-order valence-electron chi connectivity index (χ2n) is 3.94. The highest BCUT2D eigenvalue weighted by atomic mass is 32.2. The van der Waals surface area contributed by atoms with E-state index in [-0.39, 0.29) is 11.4 Å². The van der Waals surface area contributed by atoms with Gasteiger partial charge in [0.15, 0.2) is 0 Å². The van der Waals surface area contributed by atoms with E-state index in [9.17, 15) is 8.42 Å². The highest BCUT2D eigenvalue weighted by Gasteiger charge is 2.21. The Bertz CT molecular complexity index is 615. The molecule has 0 aliphatic rings. The minimum absolute atomic E-state index is 0.219. The van der Waals surface area contributed by atoms with Gasteiger partial charge in [-0.15, -0.1) is 0 Å². The van der Waals surface area contributed by atoms with E-state index < -0.39 is 10.0 Å². The fourth-order valence-electron chi connectivity index (χ4n) is 1.69. The summed E-state index contributed by atoms with van der Waals surface area (Å²) in [5, 5.41) is 6.55. The Kier molecular flexibility index (Phi) is 3.44. The lowest BCUT2D eigenvalue weighted by molar-refractivity contribution is 0.580. The summed E-state index contributed by atoms with van der Waals surface area (Å²) < 4.78 is 26.8. The Morgan fingerprint density at radius 1 is 1.28 bits per heavy atom. The third-order valence-corrected chi connectivity index (χ3v) is 4.21. The molecule has 2 aromatic heterocycles. The van der Waals surface area contributed by atoms with Crippen molar-refractivity contribution in [2.24, 2.45) is 0 Å². The van der Waals surface area contributed by atoms with E-state index in [2.05, 4.69) is 19.9 Å².